The number of aromatic nitrogens is 3. The van der Waals surface area contributed by atoms with Gasteiger partial charge in [0.25, 0.3) is 0 Å². The minimum Gasteiger partial charge on any atom is -0.485 e. The molecule has 10 nitrogen and oxygen atoms in total. The van der Waals surface area contributed by atoms with Crippen molar-refractivity contribution in [2.24, 2.45) is 4.99 Å². The van der Waals surface area contributed by atoms with Gasteiger partial charge in [-0.25, -0.2) is 0 Å². The Kier molecular flexibility index (Phi) is 9.31. The summed E-state index contributed by atoms with van der Waals surface area (Å²) in [6, 6.07) is 70.9. The van der Waals surface area contributed by atoms with E-state index in [0.717, 1.165) is 150 Å². The summed E-state index contributed by atoms with van der Waals surface area (Å²) in [5, 5.41) is 8.35. The third kappa shape index (κ3) is 6.68. The largest absolute Gasteiger partial charge is 0.485 e. The number of fused-ring (bicyclic) bond motifs is 15. The highest BCUT2D eigenvalue weighted by molar-refractivity contribution is 6.18. The molecule has 0 spiro atoms. The quantitative estimate of drug-likeness (QED) is 0.148. The third-order valence-electron chi connectivity index (χ3n) is 16.0. The summed E-state index contributed by atoms with van der Waals surface area (Å²) < 4.78 is 28.6. The van der Waals surface area contributed by atoms with Crippen LogP contribution in [-0.4, -0.2) is 26.9 Å². The Bertz CT molecular complexity index is 5060. The number of ether oxygens (including phenoxy) is 1. The minimum absolute atomic E-state index is 0.00744. The van der Waals surface area contributed by atoms with Crippen LogP contribution in [0.1, 0.15) is 11.5 Å². The molecule has 2 unspecified atom stereocenters. The predicted molar refractivity (Wildman–Crippen MR) is 318 cm³/mol. The first-order valence-corrected chi connectivity index (χ1v) is 26.4. The molecule has 2 atom stereocenters. The molecule has 79 heavy (non-hydrogen) atoms. The van der Waals surface area contributed by atoms with Crippen molar-refractivity contribution >= 4 is 128 Å². The van der Waals surface area contributed by atoms with Crippen molar-refractivity contribution in [3.05, 3.63) is 243 Å². The summed E-state index contributed by atoms with van der Waals surface area (Å²) in [4.78, 5) is 18.1. The second kappa shape index (κ2) is 16.9. The van der Waals surface area contributed by atoms with E-state index in [2.05, 4.69) is 205 Å². The standard InChI is InChI=1S/C69H42N6O4/c1-2-10-41(11-3-1)73(44-19-23-50-55-38-70-29-26-64(55)78-67(50)34-44)58-15-7-4-12-46(58)47-13-5-8-16-59(47)74(45-20-24-51-56-39-71-30-27-65(56)79-68(51)35-45)43-18-22-48-52-36-54-49-14-6-9-17-62(49)77-69(54)37-61(52)75(60(48)33-43)42-21-25-63-53(32-42)57-40-72-31-28-66(57)76-63/h1-40,57,66H. The first-order chi connectivity index (χ1) is 39.1. The highest BCUT2D eigenvalue weighted by Gasteiger charge is 2.34. The van der Waals surface area contributed by atoms with E-state index >= 15 is 0 Å². The van der Waals surface area contributed by atoms with Gasteiger partial charge in [0.2, 0.25) is 0 Å². The Morgan fingerprint density at radius 3 is 1.68 bits per heavy atom. The topological polar surface area (TPSA) is 98.2 Å². The summed E-state index contributed by atoms with van der Waals surface area (Å²) in [7, 11) is 0. The van der Waals surface area contributed by atoms with Crippen LogP contribution in [0.15, 0.2) is 255 Å². The van der Waals surface area contributed by atoms with Crippen molar-refractivity contribution in [2.75, 3.05) is 9.80 Å². The van der Waals surface area contributed by atoms with Crippen LogP contribution in [0.5, 0.6) is 5.75 Å². The molecule has 15 aromatic rings. The van der Waals surface area contributed by atoms with Gasteiger partial charge in [0.1, 0.15) is 45.4 Å². The van der Waals surface area contributed by atoms with Gasteiger partial charge in [0, 0.05) is 144 Å². The smallest absolute Gasteiger partial charge is 0.138 e. The SMILES string of the molecule is C1=CC2Oc3ccc(-n4c5cc(N(c6ccc7c(c6)oc6ccncc67)c6ccccc6-c6ccccc6N(c6ccccc6)c6ccc7c(c6)oc6ccncc67)ccc5c5cc6c(cc54)oc4ccccc46)cc3C2C=N1. The zero-order valence-electron chi connectivity index (χ0n) is 42.1. The number of benzene rings is 9. The number of nitrogens with zero attached hydrogens (tertiary/aromatic N) is 6. The average molecular weight is 1020 g/mol. The molecule has 2 aliphatic heterocycles. The van der Waals surface area contributed by atoms with Crippen LogP contribution in [0.3, 0.4) is 0 Å². The average Bonchev–Trinajstić information content (AvgIpc) is 4.41. The van der Waals surface area contributed by atoms with E-state index in [4.69, 9.17) is 18.0 Å². The summed E-state index contributed by atoms with van der Waals surface area (Å²) >= 11 is 0. The fourth-order valence-corrected chi connectivity index (χ4v) is 12.4. The van der Waals surface area contributed by atoms with Gasteiger partial charge in [-0.15, -0.1) is 0 Å². The molecule has 0 amide bonds. The van der Waals surface area contributed by atoms with Gasteiger partial charge < -0.3 is 32.4 Å². The van der Waals surface area contributed by atoms with Crippen molar-refractivity contribution in [1.29, 1.82) is 0 Å². The van der Waals surface area contributed by atoms with E-state index in [1.807, 2.05) is 55.1 Å². The van der Waals surface area contributed by atoms with E-state index in [1.165, 1.54) is 0 Å². The van der Waals surface area contributed by atoms with Gasteiger partial charge >= 0.3 is 0 Å². The number of para-hydroxylation sites is 4. The summed E-state index contributed by atoms with van der Waals surface area (Å²) in [6.07, 6.45) is 13.1. The summed E-state index contributed by atoms with van der Waals surface area (Å²) in [5.41, 5.74) is 16.8. The molecule has 0 saturated carbocycles. The van der Waals surface area contributed by atoms with Crippen LogP contribution in [0, 0.1) is 0 Å². The van der Waals surface area contributed by atoms with Gasteiger partial charge in [-0.2, -0.15) is 0 Å². The maximum atomic E-state index is 6.63. The molecule has 6 aromatic heterocycles. The first kappa shape index (κ1) is 43.5. The second-order valence-corrected chi connectivity index (χ2v) is 20.3. The molecule has 2 aliphatic rings. The number of furan rings is 3. The number of hydrogen-bond acceptors (Lipinski definition) is 9. The molecule has 0 N–H and O–H groups in total. The zero-order valence-corrected chi connectivity index (χ0v) is 42.1. The molecule has 0 bridgehead atoms. The van der Waals surface area contributed by atoms with Crippen molar-refractivity contribution in [3.8, 4) is 22.6 Å². The Morgan fingerprint density at radius 1 is 0.405 bits per heavy atom. The normalized spacial score (nSPS) is 14.8. The van der Waals surface area contributed by atoms with Crippen LogP contribution in [0.25, 0.3) is 104 Å². The number of rotatable bonds is 8. The lowest BCUT2D eigenvalue weighted by Crippen LogP contribution is -2.18. The molecule has 0 saturated heterocycles. The zero-order chi connectivity index (χ0) is 51.7. The second-order valence-electron chi connectivity index (χ2n) is 20.3. The molecular formula is C69H42N6O4. The van der Waals surface area contributed by atoms with Gasteiger partial charge in [0.05, 0.1) is 28.3 Å². The van der Waals surface area contributed by atoms with Crippen LogP contribution < -0.4 is 14.5 Å². The number of aliphatic imine (C=N–C) groups is 1. The van der Waals surface area contributed by atoms with E-state index in [9.17, 15) is 0 Å². The molecule has 10 heteroatoms. The molecule has 9 aromatic carbocycles. The molecule has 8 heterocycles. The van der Waals surface area contributed by atoms with Gasteiger partial charge in [-0.3, -0.25) is 15.0 Å². The van der Waals surface area contributed by atoms with Crippen LogP contribution in [0.2, 0.25) is 0 Å². The molecule has 0 fully saturated rings. The maximum absolute atomic E-state index is 6.63. The fourth-order valence-electron chi connectivity index (χ4n) is 12.4. The van der Waals surface area contributed by atoms with Crippen LogP contribution in [-0.2, 0) is 0 Å². The van der Waals surface area contributed by atoms with Crippen molar-refractivity contribution in [3.63, 3.8) is 0 Å². The van der Waals surface area contributed by atoms with Crippen molar-refractivity contribution < 1.29 is 18.0 Å². The lowest BCUT2D eigenvalue weighted by atomic mass is 9.95. The lowest BCUT2D eigenvalue weighted by Gasteiger charge is -2.31. The Hall–Kier alpha value is -10.7. The van der Waals surface area contributed by atoms with Crippen molar-refractivity contribution in [2.45, 2.75) is 12.0 Å². The van der Waals surface area contributed by atoms with E-state index < -0.39 is 0 Å². The highest BCUT2D eigenvalue weighted by Crippen LogP contribution is 2.50. The van der Waals surface area contributed by atoms with Gasteiger partial charge in [-0.1, -0.05) is 78.9 Å². The Morgan fingerprint density at radius 2 is 0.975 bits per heavy atom. The van der Waals surface area contributed by atoms with Crippen LogP contribution >= 0.6 is 0 Å². The van der Waals surface area contributed by atoms with Gasteiger partial charge in [-0.05, 0) is 109 Å². The summed E-state index contributed by atoms with van der Waals surface area (Å²) in [5.74, 6) is 0.879. The minimum atomic E-state index is -0.0976. The summed E-state index contributed by atoms with van der Waals surface area (Å²) in [6.45, 7) is 0. The lowest BCUT2D eigenvalue weighted by molar-refractivity contribution is 0.275. The van der Waals surface area contributed by atoms with E-state index in [-0.39, 0.29) is 12.0 Å². The number of hydrogen-bond donors (Lipinski definition) is 0. The third-order valence-corrected chi connectivity index (χ3v) is 16.0. The number of pyridine rings is 2. The fraction of sp³-hybridized carbons (Fsp3) is 0.0290. The van der Waals surface area contributed by atoms with E-state index in [1.54, 1.807) is 12.4 Å². The molecule has 17 rings (SSSR count). The van der Waals surface area contributed by atoms with Crippen molar-refractivity contribution in [1.82, 2.24) is 14.5 Å². The molecule has 372 valence electrons. The van der Waals surface area contributed by atoms with Gasteiger partial charge in [0.15, 0.2) is 0 Å². The monoisotopic (exact) mass is 1020 g/mol. The van der Waals surface area contributed by atoms with Crippen LogP contribution in [0.4, 0.5) is 34.1 Å². The van der Waals surface area contributed by atoms with E-state index in [0.29, 0.717) is 0 Å². The molecule has 0 aliphatic carbocycles. The maximum Gasteiger partial charge on any atom is 0.138 e. The number of anilines is 6. The first-order valence-electron chi connectivity index (χ1n) is 26.4. The highest BCUT2D eigenvalue weighted by atomic mass is 16.5. The predicted octanol–water partition coefficient (Wildman–Crippen LogP) is 18.3. The molecule has 0 radical (unpaired) electrons. The Balaban J connectivity index is 0.903. The Labute approximate surface area is 450 Å². The molecular weight excluding hydrogens is 977 g/mol.